The predicted octanol–water partition coefficient (Wildman–Crippen LogP) is 1.10. The minimum absolute atomic E-state index is 0.0278. The number of nitrogens with two attached hydrogens (primary N) is 1. The van der Waals surface area contributed by atoms with Crippen molar-refractivity contribution in [3.8, 4) is 0 Å². The number of sulfonamides is 1. The van der Waals surface area contributed by atoms with Crippen LogP contribution in [0.15, 0.2) is 29.2 Å². The van der Waals surface area contributed by atoms with Crippen LogP contribution in [0.25, 0.3) is 0 Å². The van der Waals surface area contributed by atoms with Gasteiger partial charge in [-0.05, 0) is 38.5 Å². The van der Waals surface area contributed by atoms with E-state index in [4.69, 9.17) is 5.14 Å². The molecule has 0 fully saturated rings. The third kappa shape index (κ3) is 4.01. The maximum atomic E-state index is 12.3. The van der Waals surface area contributed by atoms with Crippen molar-refractivity contribution in [2.45, 2.75) is 38.1 Å². The fraction of sp³-hybridized carbons (Fsp3) is 0.375. The number of rotatable bonds is 5. The van der Waals surface area contributed by atoms with Crippen LogP contribution in [-0.2, 0) is 28.3 Å². The maximum absolute atomic E-state index is 12.3. The van der Waals surface area contributed by atoms with Gasteiger partial charge in [0.2, 0.25) is 15.9 Å². The van der Waals surface area contributed by atoms with Gasteiger partial charge in [-0.3, -0.25) is 9.48 Å². The lowest BCUT2D eigenvalue weighted by Crippen LogP contribution is -2.28. The Labute approximate surface area is 141 Å². The van der Waals surface area contributed by atoms with Crippen molar-refractivity contribution >= 4 is 15.9 Å². The molecule has 3 N–H and O–H groups in total. The molecule has 130 valence electrons. The van der Waals surface area contributed by atoms with Crippen LogP contribution >= 0.6 is 0 Å². The number of amides is 1. The van der Waals surface area contributed by atoms with Crippen LogP contribution in [-0.4, -0.2) is 24.1 Å². The molecule has 0 spiro atoms. The van der Waals surface area contributed by atoms with E-state index in [2.05, 4.69) is 10.4 Å². The molecule has 0 bridgehead atoms. The number of carbonyl (C=O) groups is 1. The highest BCUT2D eigenvalue weighted by atomic mass is 32.2. The molecule has 1 heterocycles. The first-order valence-electron chi connectivity index (χ1n) is 7.50. The first-order valence-corrected chi connectivity index (χ1v) is 9.05. The number of hydrogen-bond donors (Lipinski definition) is 2. The van der Waals surface area contributed by atoms with Crippen LogP contribution in [0.1, 0.15) is 35.5 Å². The quantitative estimate of drug-likeness (QED) is 0.842. The molecule has 8 heteroatoms. The standard InChI is InChI=1S/C16H22N4O3S/c1-10(13-6-5-7-14(8-13)24(17,22)23)18-16(21)9-15-11(2)19-20(4)12(15)3/h5-8,10H,9H2,1-4H3,(H,18,21)(H2,17,22,23). The van der Waals surface area contributed by atoms with E-state index in [0.29, 0.717) is 5.56 Å². The smallest absolute Gasteiger partial charge is 0.238 e. The summed E-state index contributed by atoms with van der Waals surface area (Å²) in [6, 6.07) is 5.92. The molecular weight excluding hydrogens is 328 g/mol. The molecule has 0 saturated carbocycles. The molecule has 0 aliphatic carbocycles. The van der Waals surface area contributed by atoms with Crippen molar-refractivity contribution in [1.29, 1.82) is 0 Å². The molecule has 2 rings (SSSR count). The summed E-state index contributed by atoms with van der Waals surface area (Å²) in [5.74, 6) is -0.150. The van der Waals surface area contributed by atoms with Gasteiger partial charge in [-0.15, -0.1) is 0 Å². The molecular formula is C16H22N4O3S. The molecule has 0 saturated heterocycles. The van der Waals surface area contributed by atoms with Crippen molar-refractivity contribution in [1.82, 2.24) is 15.1 Å². The average molecular weight is 350 g/mol. The second-order valence-electron chi connectivity index (χ2n) is 5.86. The van der Waals surface area contributed by atoms with Crippen molar-refractivity contribution in [3.05, 3.63) is 46.8 Å². The molecule has 1 atom stereocenters. The van der Waals surface area contributed by atoms with Gasteiger partial charge in [-0.25, -0.2) is 13.6 Å². The number of aromatic nitrogens is 2. The predicted molar refractivity (Wildman–Crippen MR) is 90.8 cm³/mol. The van der Waals surface area contributed by atoms with Crippen molar-refractivity contribution < 1.29 is 13.2 Å². The van der Waals surface area contributed by atoms with Crippen LogP contribution in [0.2, 0.25) is 0 Å². The van der Waals surface area contributed by atoms with E-state index in [1.165, 1.54) is 12.1 Å². The Kier molecular flexibility index (Phi) is 5.10. The van der Waals surface area contributed by atoms with Crippen molar-refractivity contribution in [3.63, 3.8) is 0 Å². The first-order chi connectivity index (χ1) is 11.1. The van der Waals surface area contributed by atoms with Crippen LogP contribution in [0, 0.1) is 13.8 Å². The molecule has 0 radical (unpaired) electrons. The van der Waals surface area contributed by atoms with E-state index >= 15 is 0 Å². The van der Waals surface area contributed by atoms with Crippen LogP contribution in [0.4, 0.5) is 0 Å². The van der Waals surface area contributed by atoms with Crippen LogP contribution in [0.5, 0.6) is 0 Å². The number of hydrogen-bond acceptors (Lipinski definition) is 4. The summed E-state index contributed by atoms with van der Waals surface area (Å²) >= 11 is 0. The van der Waals surface area contributed by atoms with E-state index in [-0.39, 0.29) is 23.3 Å². The minimum atomic E-state index is -3.77. The Balaban J connectivity index is 2.12. The third-order valence-corrected chi connectivity index (χ3v) is 4.97. The highest BCUT2D eigenvalue weighted by Crippen LogP contribution is 2.18. The normalized spacial score (nSPS) is 12.9. The fourth-order valence-electron chi connectivity index (χ4n) is 2.57. The van der Waals surface area contributed by atoms with Gasteiger partial charge in [0.05, 0.1) is 23.1 Å². The summed E-state index contributed by atoms with van der Waals surface area (Å²) < 4.78 is 24.6. The summed E-state index contributed by atoms with van der Waals surface area (Å²) in [5, 5.41) is 12.3. The van der Waals surface area contributed by atoms with Gasteiger partial charge >= 0.3 is 0 Å². The number of carbonyl (C=O) groups excluding carboxylic acids is 1. The highest BCUT2D eigenvalue weighted by Gasteiger charge is 2.17. The average Bonchev–Trinajstić information content (AvgIpc) is 2.73. The summed E-state index contributed by atoms with van der Waals surface area (Å²) in [5.41, 5.74) is 3.36. The Hall–Kier alpha value is -2.19. The molecule has 1 aromatic heterocycles. The second-order valence-corrected chi connectivity index (χ2v) is 7.42. The van der Waals surface area contributed by atoms with Gasteiger partial charge < -0.3 is 5.32 Å². The molecule has 1 amide bonds. The SMILES string of the molecule is Cc1nn(C)c(C)c1CC(=O)NC(C)c1cccc(S(N)(=O)=O)c1. The lowest BCUT2D eigenvalue weighted by Gasteiger charge is -2.15. The molecule has 1 unspecified atom stereocenters. The van der Waals surface area contributed by atoms with Gasteiger partial charge in [-0.1, -0.05) is 12.1 Å². The zero-order chi connectivity index (χ0) is 18.1. The number of primary sulfonamides is 1. The fourth-order valence-corrected chi connectivity index (χ4v) is 3.14. The molecule has 0 aliphatic rings. The van der Waals surface area contributed by atoms with Crippen molar-refractivity contribution in [2.24, 2.45) is 12.2 Å². The van der Waals surface area contributed by atoms with Crippen LogP contribution < -0.4 is 10.5 Å². The number of nitrogens with one attached hydrogen (secondary N) is 1. The lowest BCUT2D eigenvalue weighted by atomic mass is 10.1. The summed E-state index contributed by atoms with van der Waals surface area (Å²) in [6.07, 6.45) is 0.227. The van der Waals surface area contributed by atoms with Gasteiger partial charge in [0.1, 0.15) is 0 Å². The van der Waals surface area contributed by atoms with E-state index in [9.17, 15) is 13.2 Å². The van der Waals surface area contributed by atoms with Gasteiger partial charge in [0, 0.05) is 18.3 Å². The lowest BCUT2D eigenvalue weighted by molar-refractivity contribution is -0.121. The largest absolute Gasteiger partial charge is 0.349 e. The Morgan fingerprint density at radius 2 is 2.04 bits per heavy atom. The zero-order valence-corrected chi connectivity index (χ0v) is 15.0. The first kappa shape index (κ1) is 18.2. The Morgan fingerprint density at radius 1 is 1.38 bits per heavy atom. The Bertz CT molecular complexity index is 871. The maximum Gasteiger partial charge on any atom is 0.238 e. The molecule has 24 heavy (non-hydrogen) atoms. The number of benzene rings is 1. The molecule has 7 nitrogen and oxygen atoms in total. The second kappa shape index (κ2) is 6.74. The third-order valence-electron chi connectivity index (χ3n) is 4.06. The van der Waals surface area contributed by atoms with E-state index in [1.54, 1.807) is 23.7 Å². The van der Waals surface area contributed by atoms with Gasteiger partial charge in [0.15, 0.2) is 0 Å². The van der Waals surface area contributed by atoms with Gasteiger partial charge in [-0.2, -0.15) is 5.10 Å². The number of nitrogens with zero attached hydrogens (tertiary/aromatic N) is 2. The highest BCUT2D eigenvalue weighted by molar-refractivity contribution is 7.89. The van der Waals surface area contributed by atoms with E-state index in [0.717, 1.165) is 17.0 Å². The molecule has 2 aromatic rings. The molecule has 0 aliphatic heterocycles. The van der Waals surface area contributed by atoms with Gasteiger partial charge in [0.25, 0.3) is 0 Å². The summed E-state index contributed by atoms with van der Waals surface area (Å²) in [7, 11) is -1.93. The Morgan fingerprint density at radius 3 is 2.58 bits per heavy atom. The zero-order valence-electron chi connectivity index (χ0n) is 14.2. The monoisotopic (exact) mass is 350 g/mol. The van der Waals surface area contributed by atoms with Crippen LogP contribution in [0.3, 0.4) is 0 Å². The van der Waals surface area contributed by atoms with E-state index in [1.807, 2.05) is 20.9 Å². The molecule has 1 aromatic carbocycles. The summed E-state index contributed by atoms with van der Waals surface area (Å²) in [6.45, 7) is 5.58. The van der Waals surface area contributed by atoms with E-state index < -0.39 is 10.0 Å². The summed E-state index contributed by atoms with van der Waals surface area (Å²) in [4.78, 5) is 12.3. The topological polar surface area (TPSA) is 107 Å². The minimum Gasteiger partial charge on any atom is -0.349 e. The van der Waals surface area contributed by atoms with Crippen molar-refractivity contribution in [2.75, 3.05) is 0 Å². The number of aryl methyl sites for hydroxylation is 2.